The van der Waals surface area contributed by atoms with Crippen molar-refractivity contribution in [3.8, 4) is 12.1 Å². The van der Waals surface area contributed by atoms with Crippen molar-refractivity contribution in [1.29, 1.82) is 10.5 Å². The minimum atomic E-state index is -0.208. The van der Waals surface area contributed by atoms with Gasteiger partial charge < -0.3 is 0 Å². The van der Waals surface area contributed by atoms with E-state index in [4.69, 9.17) is 46.9 Å². The van der Waals surface area contributed by atoms with Crippen LogP contribution in [0, 0.1) is 35.8 Å². The molecule has 0 aliphatic heterocycles. The molecule has 0 saturated carbocycles. The van der Waals surface area contributed by atoms with Crippen molar-refractivity contribution in [2.75, 3.05) is 0 Å². The molecule has 0 spiro atoms. The average Bonchev–Trinajstić information content (AvgIpc) is 2.49. The Hall–Kier alpha value is -2.76. The lowest BCUT2D eigenvalue weighted by Gasteiger charge is -2.03. The van der Waals surface area contributed by atoms with Crippen molar-refractivity contribution >= 4 is 33.3 Å². The zero-order valence-corrected chi connectivity index (χ0v) is 11.4. The van der Waals surface area contributed by atoms with Gasteiger partial charge in [-0.2, -0.15) is 0 Å². The summed E-state index contributed by atoms with van der Waals surface area (Å²) in [6.07, 6.45) is 0. The molecule has 1 aromatic carbocycles. The van der Waals surface area contributed by atoms with Gasteiger partial charge >= 0.3 is 0 Å². The van der Waals surface area contributed by atoms with E-state index in [-0.39, 0.29) is 21.5 Å². The van der Waals surface area contributed by atoms with E-state index in [1.54, 1.807) is 36.4 Å². The van der Waals surface area contributed by atoms with E-state index in [0.29, 0.717) is 11.1 Å². The second-order valence-corrected chi connectivity index (χ2v) is 4.11. The molecule has 0 fully saturated rings. The van der Waals surface area contributed by atoms with Crippen LogP contribution in [0.5, 0.6) is 0 Å². The van der Waals surface area contributed by atoms with Gasteiger partial charge in [-0.1, -0.05) is 47.5 Å². The Morgan fingerprint density at radius 3 is 1.35 bits per heavy atom. The van der Waals surface area contributed by atoms with E-state index in [9.17, 15) is 0 Å². The predicted octanol–water partition coefficient (Wildman–Crippen LogP) is 4.39. The Labute approximate surface area is 126 Å². The van der Waals surface area contributed by atoms with Crippen LogP contribution >= 0.6 is 23.2 Å². The van der Waals surface area contributed by atoms with Crippen molar-refractivity contribution in [1.82, 2.24) is 0 Å². The van der Waals surface area contributed by atoms with Gasteiger partial charge in [0.05, 0.1) is 35.3 Å². The highest BCUT2D eigenvalue weighted by Gasteiger charge is 2.09. The first-order valence-corrected chi connectivity index (χ1v) is 5.80. The molecular formula is C14H4Cl2N4. The normalized spacial score (nSPS) is 11.9. The van der Waals surface area contributed by atoms with Gasteiger partial charge in [-0.25, -0.2) is 20.2 Å². The summed E-state index contributed by atoms with van der Waals surface area (Å²) in [7, 11) is 0. The van der Waals surface area contributed by atoms with Gasteiger partial charge in [-0.3, -0.25) is 0 Å². The topological polar surface area (TPSA) is 56.3 Å². The summed E-state index contributed by atoms with van der Waals surface area (Å²) in [5.74, 6) is 0. The van der Waals surface area contributed by atoms with Gasteiger partial charge in [0.15, 0.2) is 0 Å². The van der Waals surface area contributed by atoms with Crippen LogP contribution in [-0.2, 0) is 0 Å². The maximum atomic E-state index is 8.73. The monoisotopic (exact) mass is 298 g/mol. The van der Waals surface area contributed by atoms with Gasteiger partial charge in [-0.15, -0.1) is 0 Å². The highest BCUT2D eigenvalue weighted by Crippen LogP contribution is 2.28. The van der Waals surface area contributed by atoms with Crippen LogP contribution in [0.1, 0.15) is 11.1 Å². The number of nitrogens with zero attached hydrogens (tertiary/aromatic N) is 4. The fourth-order valence-electron chi connectivity index (χ4n) is 1.28. The third-order valence-corrected chi connectivity index (χ3v) is 3.04. The summed E-state index contributed by atoms with van der Waals surface area (Å²) in [6, 6.07) is 9.63. The van der Waals surface area contributed by atoms with Crippen LogP contribution in [0.3, 0.4) is 0 Å². The van der Waals surface area contributed by atoms with Gasteiger partial charge in [0.2, 0.25) is 0 Å². The Bertz CT molecular complexity index is 661. The molecule has 1 rings (SSSR count). The largest absolute Gasteiger partial charge is 0.280 e. The van der Waals surface area contributed by atoms with Crippen molar-refractivity contribution in [2.24, 2.45) is 0 Å². The smallest absolute Gasteiger partial charge is 0.225 e. The minimum absolute atomic E-state index is 0.0415. The molecule has 1 aromatic rings. The van der Waals surface area contributed by atoms with Crippen LogP contribution in [0.4, 0.5) is 0 Å². The van der Waals surface area contributed by atoms with Crippen molar-refractivity contribution in [3.63, 3.8) is 0 Å². The summed E-state index contributed by atoms with van der Waals surface area (Å²) in [6.45, 7) is 13.6. The molecule has 0 atom stereocenters. The highest BCUT2D eigenvalue weighted by atomic mass is 35.5. The average molecular weight is 299 g/mol. The number of hydrogen-bond acceptors (Lipinski definition) is 2. The molecule has 0 aliphatic carbocycles. The number of rotatable bonds is 2. The minimum Gasteiger partial charge on any atom is -0.225 e. The van der Waals surface area contributed by atoms with Gasteiger partial charge in [0.1, 0.15) is 0 Å². The number of benzene rings is 1. The highest BCUT2D eigenvalue weighted by molar-refractivity contribution is 6.50. The van der Waals surface area contributed by atoms with Crippen LogP contribution in [-0.4, -0.2) is 0 Å². The molecule has 0 aliphatic rings. The fourth-order valence-corrected chi connectivity index (χ4v) is 1.70. The maximum Gasteiger partial charge on any atom is 0.280 e. The van der Waals surface area contributed by atoms with Crippen molar-refractivity contribution in [3.05, 3.63) is 69.6 Å². The molecule has 94 valence electrons. The molecule has 4 nitrogen and oxygen atoms in total. The lowest BCUT2D eigenvalue weighted by Crippen LogP contribution is -1.85. The van der Waals surface area contributed by atoms with Crippen LogP contribution < -0.4 is 0 Å². The van der Waals surface area contributed by atoms with Crippen LogP contribution in [0.15, 0.2) is 35.7 Å². The lowest BCUT2D eigenvalue weighted by atomic mass is 10.1. The molecule has 20 heavy (non-hydrogen) atoms. The standard InChI is InChI=1S/C14H4Cl2N4/c1-19-11(7-17)13(15)9-3-5-10(6-4-9)14(16)12(8-18)20-2/h3-6H/b13-11-,14-12+. The summed E-state index contributed by atoms with van der Waals surface area (Å²) in [4.78, 5) is 6.03. The summed E-state index contributed by atoms with van der Waals surface area (Å²) >= 11 is 11.8. The van der Waals surface area contributed by atoms with E-state index < -0.39 is 0 Å². The summed E-state index contributed by atoms with van der Waals surface area (Å²) in [5, 5.41) is 17.5. The summed E-state index contributed by atoms with van der Waals surface area (Å²) < 4.78 is 0. The molecule has 0 N–H and O–H groups in total. The number of hydrogen-bond donors (Lipinski definition) is 0. The zero-order chi connectivity index (χ0) is 15.1. The molecule has 0 amide bonds. The molecule has 0 bridgehead atoms. The summed E-state index contributed by atoms with van der Waals surface area (Å²) in [5.41, 5.74) is 0.544. The number of halogens is 2. The number of allylic oxidation sites excluding steroid dienone is 2. The lowest BCUT2D eigenvalue weighted by molar-refractivity contribution is 1.49. The predicted molar refractivity (Wildman–Crippen MR) is 76.4 cm³/mol. The Morgan fingerprint density at radius 2 is 1.15 bits per heavy atom. The first-order valence-electron chi connectivity index (χ1n) is 5.04. The molecule has 0 radical (unpaired) electrons. The van der Waals surface area contributed by atoms with E-state index in [1.807, 2.05) is 0 Å². The number of nitriles is 2. The SMILES string of the molecule is [C-]#[N+]/C(C#N)=C(\Cl)c1ccc(/C(Cl)=C(/C#N)[N+]#[C-])cc1. The second-order valence-electron chi connectivity index (χ2n) is 3.35. The van der Waals surface area contributed by atoms with Crippen LogP contribution in [0.25, 0.3) is 19.8 Å². The van der Waals surface area contributed by atoms with Gasteiger partial charge in [-0.05, 0) is 11.1 Å². The van der Waals surface area contributed by atoms with E-state index >= 15 is 0 Å². The van der Waals surface area contributed by atoms with Gasteiger partial charge in [0, 0.05) is 0 Å². The molecule has 0 unspecified atom stereocenters. The maximum absolute atomic E-state index is 8.73. The molecule has 0 aromatic heterocycles. The second kappa shape index (κ2) is 6.98. The van der Waals surface area contributed by atoms with Crippen LogP contribution in [0.2, 0.25) is 0 Å². The zero-order valence-electron chi connectivity index (χ0n) is 9.85. The third-order valence-electron chi connectivity index (χ3n) is 2.24. The molecule has 6 heteroatoms. The molecule has 0 heterocycles. The third kappa shape index (κ3) is 3.17. The first-order chi connectivity index (χ1) is 9.58. The molecular weight excluding hydrogens is 295 g/mol. The van der Waals surface area contributed by atoms with Crippen molar-refractivity contribution < 1.29 is 0 Å². The Balaban J connectivity index is 3.30. The van der Waals surface area contributed by atoms with E-state index in [2.05, 4.69) is 9.69 Å². The van der Waals surface area contributed by atoms with E-state index in [1.165, 1.54) is 0 Å². The molecule has 0 saturated heterocycles. The fraction of sp³-hybridized carbons (Fsp3) is 0. The Morgan fingerprint density at radius 1 is 0.850 bits per heavy atom. The quantitative estimate of drug-likeness (QED) is 0.600. The first kappa shape index (κ1) is 15.3. The Kier molecular flexibility index (Phi) is 5.34. The van der Waals surface area contributed by atoms with Gasteiger partial charge in [0.25, 0.3) is 11.4 Å². The van der Waals surface area contributed by atoms with E-state index in [0.717, 1.165) is 0 Å². The van der Waals surface area contributed by atoms with Crippen molar-refractivity contribution in [2.45, 2.75) is 0 Å².